The average molecular weight is 344 g/mol. The number of sulfonamides is 1. The minimum atomic E-state index is -4.02. The van der Waals surface area contributed by atoms with Gasteiger partial charge >= 0.3 is 0 Å². The van der Waals surface area contributed by atoms with Gasteiger partial charge in [0, 0.05) is 38.2 Å². The van der Waals surface area contributed by atoms with Crippen LogP contribution in [0.4, 0.5) is 8.78 Å². The summed E-state index contributed by atoms with van der Waals surface area (Å²) in [6, 6.07) is 2.41. The third-order valence-corrected chi connectivity index (χ3v) is 6.42. The van der Waals surface area contributed by atoms with Crippen molar-refractivity contribution in [1.29, 1.82) is 0 Å². The van der Waals surface area contributed by atoms with Gasteiger partial charge in [0.15, 0.2) is 0 Å². The van der Waals surface area contributed by atoms with Crippen molar-refractivity contribution in [3.05, 3.63) is 29.8 Å². The molecule has 1 aromatic rings. The SMILES string of the molecule is CC1CC1C(=O)N1CCN(S(=O)(=O)c2ccc(F)cc2F)CC1. The number of hydrogen-bond donors (Lipinski definition) is 0. The molecule has 2 atom stereocenters. The molecule has 0 aromatic heterocycles. The van der Waals surface area contributed by atoms with Crippen LogP contribution in [0.25, 0.3) is 0 Å². The van der Waals surface area contributed by atoms with Gasteiger partial charge in [0.05, 0.1) is 0 Å². The van der Waals surface area contributed by atoms with Gasteiger partial charge in [-0.15, -0.1) is 0 Å². The first-order chi connectivity index (χ1) is 10.8. The van der Waals surface area contributed by atoms with Crippen molar-refractivity contribution in [3.63, 3.8) is 0 Å². The van der Waals surface area contributed by atoms with E-state index in [-0.39, 0.29) is 24.9 Å². The monoisotopic (exact) mass is 344 g/mol. The molecular weight excluding hydrogens is 326 g/mol. The molecule has 0 spiro atoms. The summed E-state index contributed by atoms with van der Waals surface area (Å²) < 4.78 is 52.7. The van der Waals surface area contributed by atoms with E-state index in [0.29, 0.717) is 25.1 Å². The molecule has 1 saturated heterocycles. The number of halogens is 2. The van der Waals surface area contributed by atoms with Crippen LogP contribution in [0.2, 0.25) is 0 Å². The molecule has 126 valence electrons. The average Bonchev–Trinajstić information content (AvgIpc) is 3.23. The molecule has 8 heteroatoms. The van der Waals surface area contributed by atoms with Gasteiger partial charge in [-0.1, -0.05) is 6.92 Å². The van der Waals surface area contributed by atoms with E-state index in [4.69, 9.17) is 0 Å². The summed E-state index contributed by atoms with van der Waals surface area (Å²) in [7, 11) is -4.02. The van der Waals surface area contributed by atoms with Crippen molar-refractivity contribution in [2.45, 2.75) is 18.2 Å². The summed E-state index contributed by atoms with van der Waals surface area (Å²) in [6.07, 6.45) is 0.887. The van der Waals surface area contributed by atoms with E-state index < -0.39 is 26.6 Å². The molecule has 23 heavy (non-hydrogen) atoms. The Labute approximate surface area is 133 Å². The Balaban J connectivity index is 1.70. The Morgan fingerprint density at radius 3 is 2.30 bits per heavy atom. The van der Waals surface area contributed by atoms with Gasteiger partial charge in [-0.05, 0) is 24.5 Å². The lowest BCUT2D eigenvalue weighted by Crippen LogP contribution is -2.51. The van der Waals surface area contributed by atoms with E-state index >= 15 is 0 Å². The van der Waals surface area contributed by atoms with E-state index in [1.807, 2.05) is 6.92 Å². The fourth-order valence-corrected chi connectivity index (χ4v) is 4.34. The van der Waals surface area contributed by atoms with E-state index in [2.05, 4.69) is 0 Å². The predicted octanol–water partition coefficient (Wildman–Crippen LogP) is 1.45. The molecule has 1 heterocycles. The summed E-state index contributed by atoms with van der Waals surface area (Å²) >= 11 is 0. The Kier molecular flexibility index (Phi) is 4.14. The highest BCUT2D eigenvalue weighted by atomic mass is 32.2. The molecule has 2 fully saturated rings. The highest BCUT2D eigenvalue weighted by molar-refractivity contribution is 7.89. The normalized spacial score (nSPS) is 25.4. The first-order valence-corrected chi connectivity index (χ1v) is 8.98. The number of hydrogen-bond acceptors (Lipinski definition) is 3. The van der Waals surface area contributed by atoms with E-state index in [1.165, 1.54) is 0 Å². The van der Waals surface area contributed by atoms with Gasteiger partial charge in [0.25, 0.3) is 0 Å². The Morgan fingerprint density at radius 2 is 1.78 bits per heavy atom. The predicted molar refractivity (Wildman–Crippen MR) is 79.0 cm³/mol. The molecule has 1 aliphatic heterocycles. The van der Waals surface area contributed by atoms with Crippen molar-refractivity contribution >= 4 is 15.9 Å². The van der Waals surface area contributed by atoms with Crippen LogP contribution in [0.15, 0.2) is 23.1 Å². The Bertz CT molecular complexity index is 730. The van der Waals surface area contributed by atoms with Crippen molar-refractivity contribution in [2.24, 2.45) is 11.8 Å². The van der Waals surface area contributed by atoms with Crippen molar-refractivity contribution < 1.29 is 22.0 Å². The highest BCUT2D eigenvalue weighted by Crippen LogP contribution is 2.39. The van der Waals surface area contributed by atoms with Crippen LogP contribution in [0, 0.1) is 23.5 Å². The minimum absolute atomic E-state index is 0.0627. The highest BCUT2D eigenvalue weighted by Gasteiger charge is 2.42. The Hall–Kier alpha value is -1.54. The molecule has 3 rings (SSSR count). The van der Waals surface area contributed by atoms with Gasteiger partial charge in [-0.3, -0.25) is 4.79 Å². The summed E-state index contributed by atoms with van der Waals surface area (Å²) in [5, 5.41) is 0. The molecule has 1 aliphatic carbocycles. The molecule has 0 bridgehead atoms. The second kappa shape index (κ2) is 5.83. The third kappa shape index (κ3) is 3.10. The second-order valence-electron chi connectivity index (χ2n) is 6.12. The van der Waals surface area contributed by atoms with Gasteiger partial charge in [-0.25, -0.2) is 17.2 Å². The lowest BCUT2D eigenvalue weighted by Gasteiger charge is -2.34. The maximum absolute atomic E-state index is 13.8. The molecule has 2 unspecified atom stereocenters. The number of benzene rings is 1. The summed E-state index contributed by atoms with van der Waals surface area (Å²) in [5.74, 6) is -1.39. The third-order valence-electron chi connectivity index (χ3n) is 4.49. The fourth-order valence-electron chi connectivity index (χ4n) is 2.87. The lowest BCUT2D eigenvalue weighted by atomic mass is 10.2. The first-order valence-electron chi connectivity index (χ1n) is 7.54. The fraction of sp³-hybridized carbons (Fsp3) is 0.533. The van der Waals surface area contributed by atoms with Crippen molar-refractivity contribution in [1.82, 2.24) is 9.21 Å². The topological polar surface area (TPSA) is 57.7 Å². The van der Waals surface area contributed by atoms with E-state index in [1.54, 1.807) is 4.90 Å². The van der Waals surface area contributed by atoms with Gasteiger partial charge in [-0.2, -0.15) is 4.31 Å². The van der Waals surface area contributed by atoms with Crippen LogP contribution in [-0.4, -0.2) is 49.7 Å². The lowest BCUT2D eigenvalue weighted by molar-refractivity contribution is -0.134. The maximum Gasteiger partial charge on any atom is 0.246 e. The zero-order valence-corrected chi connectivity index (χ0v) is 13.5. The number of carbonyl (C=O) groups excluding carboxylic acids is 1. The van der Waals surface area contributed by atoms with Gasteiger partial charge < -0.3 is 4.90 Å². The van der Waals surface area contributed by atoms with Crippen LogP contribution in [0.3, 0.4) is 0 Å². The molecular formula is C15H18F2N2O3S. The molecule has 2 aliphatic rings. The van der Waals surface area contributed by atoms with Crippen LogP contribution in [0.1, 0.15) is 13.3 Å². The summed E-state index contributed by atoms with van der Waals surface area (Å²) in [4.78, 5) is 13.3. The van der Waals surface area contributed by atoms with E-state index in [9.17, 15) is 22.0 Å². The molecule has 0 N–H and O–H groups in total. The van der Waals surface area contributed by atoms with Gasteiger partial charge in [0.2, 0.25) is 15.9 Å². The van der Waals surface area contributed by atoms with Crippen LogP contribution in [-0.2, 0) is 14.8 Å². The van der Waals surface area contributed by atoms with Crippen molar-refractivity contribution in [3.8, 4) is 0 Å². The number of piperazine rings is 1. The molecule has 0 radical (unpaired) electrons. The zero-order valence-electron chi connectivity index (χ0n) is 12.7. The minimum Gasteiger partial charge on any atom is -0.340 e. The smallest absolute Gasteiger partial charge is 0.246 e. The van der Waals surface area contributed by atoms with Gasteiger partial charge in [0.1, 0.15) is 16.5 Å². The first kappa shape index (κ1) is 16.3. The van der Waals surface area contributed by atoms with Crippen LogP contribution < -0.4 is 0 Å². The quantitative estimate of drug-likeness (QED) is 0.834. The van der Waals surface area contributed by atoms with Crippen molar-refractivity contribution in [2.75, 3.05) is 26.2 Å². The molecule has 1 amide bonds. The van der Waals surface area contributed by atoms with Crippen LogP contribution >= 0.6 is 0 Å². The summed E-state index contributed by atoms with van der Waals surface area (Å²) in [5.41, 5.74) is 0. The van der Waals surface area contributed by atoms with E-state index in [0.717, 1.165) is 22.9 Å². The zero-order chi connectivity index (χ0) is 16.8. The molecule has 1 saturated carbocycles. The number of nitrogens with zero attached hydrogens (tertiary/aromatic N) is 2. The molecule has 5 nitrogen and oxygen atoms in total. The Morgan fingerprint density at radius 1 is 1.17 bits per heavy atom. The maximum atomic E-state index is 13.8. The molecule has 1 aromatic carbocycles. The summed E-state index contributed by atoms with van der Waals surface area (Å²) in [6.45, 7) is 2.84. The second-order valence-corrected chi connectivity index (χ2v) is 8.03. The van der Waals surface area contributed by atoms with Crippen LogP contribution in [0.5, 0.6) is 0 Å². The standard InChI is InChI=1S/C15H18F2N2O3S/c1-10-8-12(10)15(20)18-4-6-19(7-5-18)23(21,22)14-3-2-11(16)9-13(14)17/h2-3,9-10,12H,4-8H2,1H3. The largest absolute Gasteiger partial charge is 0.340 e. The number of rotatable bonds is 3. The number of carbonyl (C=O) groups is 1. The number of amides is 1.